The number of carbonyl (C=O) groups excluding carboxylic acids is 3. The molecule has 0 aromatic rings. The third-order valence-corrected chi connectivity index (χ3v) is 6.13. The smallest absolute Gasteiger partial charge is 0.329 e. The minimum absolute atomic E-state index is 0.0426. The molecule has 0 aromatic carbocycles. The fourth-order valence-electron chi connectivity index (χ4n) is 4.52. The van der Waals surface area contributed by atoms with Gasteiger partial charge in [0.15, 0.2) is 0 Å². The number of nitrogens with zero attached hydrogens (tertiary/aromatic N) is 1. The lowest BCUT2D eigenvalue weighted by Crippen LogP contribution is -2.58. The minimum atomic E-state index is -0.681. The van der Waals surface area contributed by atoms with Crippen LogP contribution in [0.15, 0.2) is 0 Å². The molecule has 1 saturated carbocycles. The van der Waals surface area contributed by atoms with E-state index < -0.39 is 17.5 Å². The van der Waals surface area contributed by atoms with Gasteiger partial charge < -0.3 is 15.0 Å². The Balaban J connectivity index is 2.23. The molecule has 28 heavy (non-hydrogen) atoms. The quantitative estimate of drug-likeness (QED) is 0.728. The van der Waals surface area contributed by atoms with Crippen molar-refractivity contribution in [2.45, 2.75) is 80.8 Å². The molecular formula is C22H38N2O4. The molecule has 6 heteroatoms. The zero-order valence-electron chi connectivity index (χ0n) is 19.0. The summed E-state index contributed by atoms with van der Waals surface area (Å²) in [6, 6.07) is -1.24. The summed E-state index contributed by atoms with van der Waals surface area (Å²) in [5.74, 6) is -0.227. The number of carbonyl (C=O) groups is 3. The van der Waals surface area contributed by atoms with E-state index in [1.807, 2.05) is 41.5 Å². The number of amides is 2. The van der Waals surface area contributed by atoms with Crippen molar-refractivity contribution in [1.82, 2.24) is 10.2 Å². The Morgan fingerprint density at radius 2 is 1.71 bits per heavy atom. The standard InChI is InChI=1S/C22H38N2O4/c1-10-28-19(27)16-15-13(22(15,8)9)12-24(16)18(26)17(21(5,6)7)23-14(25)11-20(2,3)4/h13,15-17H,10-12H2,1-9H3,(H,23,25)/t13-,15-,16-,17+/m0/s1. The lowest BCUT2D eigenvalue weighted by atomic mass is 9.84. The number of fused-ring (bicyclic) bond motifs is 1. The van der Waals surface area contributed by atoms with Gasteiger partial charge in [0, 0.05) is 18.9 Å². The van der Waals surface area contributed by atoms with Gasteiger partial charge in [0.05, 0.1) is 6.61 Å². The molecule has 160 valence electrons. The van der Waals surface area contributed by atoms with E-state index in [-0.39, 0.29) is 34.5 Å². The fourth-order valence-corrected chi connectivity index (χ4v) is 4.52. The van der Waals surface area contributed by atoms with Gasteiger partial charge in [-0.2, -0.15) is 0 Å². The van der Waals surface area contributed by atoms with E-state index in [0.29, 0.717) is 25.5 Å². The highest BCUT2D eigenvalue weighted by atomic mass is 16.5. The highest BCUT2D eigenvalue weighted by molar-refractivity contribution is 5.92. The Hall–Kier alpha value is -1.59. The highest BCUT2D eigenvalue weighted by Gasteiger charge is 2.70. The molecular weight excluding hydrogens is 356 g/mol. The van der Waals surface area contributed by atoms with Crippen LogP contribution in [0, 0.1) is 28.1 Å². The number of ether oxygens (including phenoxy) is 1. The Kier molecular flexibility index (Phi) is 5.95. The van der Waals surface area contributed by atoms with Crippen molar-refractivity contribution in [3.05, 3.63) is 0 Å². The molecule has 2 fully saturated rings. The molecule has 2 rings (SSSR count). The van der Waals surface area contributed by atoms with Gasteiger partial charge in [0.1, 0.15) is 12.1 Å². The lowest BCUT2D eigenvalue weighted by Gasteiger charge is -2.37. The van der Waals surface area contributed by atoms with Gasteiger partial charge in [0.25, 0.3) is 0 Å². The van der Waals surface area contributed by atoms with Gasteiger partial charge in [0.2, 0.25) is 11.8 Å². The minimum Gasteiger partial charge on any atom is -0.464 e. The van der Waals surface area contributed by atoms with Crippen molar-refractivity contribution in [2.75, 3.05) is 13.2 Å². The van der Waals surface area contributed by atoms with Crippen LogP contribution in [0.3, 0.4) is 0 Å². The summed E-state index contributed by atoms with van der Waals surface area (Å²) in [4.78, 5) is 40.4. The van der Waals surface area contributed by atoms with Crippen molar-refractivity contribution >= 4 is 17.8 Å². The number of piperidine rings is 1. The number of hydrogen-bond donors (Lipinski definition) is 1. The SMILES string of the molecule is CCOC(=O)[C@@H]1[C@@H]2[C@H](CN1C(=O)[C@@H](NC(=O)CC(C)(C)C)C(C)(C)C)C2(C)C. The molecule has 0 radical (unpaired) electrons. The molecule has 1 aliphatic heterocycles. The van der Waals surface area contributed by atoms with Gasteiger partial charge in [-0.15, -0.1) is 0 Å². The van der Waals surface area contributed by atoms with Gasteiger partial charge in [-0.3, -0.25) is 9.59 Å². The van der Waals surface area contributed by atoms with E-state index in [9.17, 15) is 14.4 Å². The van der Waals surface area contributed by atoms with Gasteiger partial charge in [-0.25, -0.2) is 4.79 Å². The molecule has 2 amide bonds. The second kappa shape index (κ2) is 7.34. The third-order valence-electron chi connectivity index (χ3n) is 6.13. The largest absolute Gasteiger partial charge is 0.464 e. The van der Waals surface area contributed by atoms with E-state index in [2.05, 4.69) is 19.2 Å². The molecule has 0 spiro atoms. The average molecular weight is 395 g/mol. The molecule has 1 N–H and O–H groups in total. The maximum Gasteiger partial charge on any atom is 0.329 e. The van der Waals surface area contributed by atoms with Crippen molar-refractivity contribution in [3.8, 4) is 0 Å². The van der Waals surface area contributed by atoms with E-state index in [1.54, 1.807) is 11.8 Å². The van der Waals surface area contributed by atoms with E-state index >= 15 is 0 Å². The van der Waals surface area contributed by atoms with Crippen LogP contribution in [-0.4, -0.2) is 47.9 Å². The predicted molar refractivity (Wildman–Crippen MR) is 108 cm³/mol. The van der Waals surface area contributed by atoms with Crippen molar-refractivity contribution in [2.24, 2.45) is 28.1 Å². The zero-order chi connectivity index (χ0) is 21.7. The molecule has 2 aliphatic rings. The monoisotopic (exact) mass is 394 g/mol. The topological polar surface area (TPSA) is 75.7 Å². The summed E-state index contributed by atoms with van der Waals surface area (Å²) < 4.78 is 5.29. The Morgan fingerprint density at radius 3 is 2.18 bits per heavy atom. The summed E-state index contributed by atoms with van der Waals surface area (Å²) in [7, 11) is 0. The summed E-state index contributed by atoms with van der Waals surface area (Å²) in [5.41, 5.74) is -0.588. The van der Waals surface area contributed by atoms with Crippen LogP contribution in [0.4, 0.5) is 0 Å². The molecule has 1 aliphatic carbocycles. The normalized spacial score (nSPS) is 27.0. The van der Waals surface area contributed by atoms with Gasteiger partial charge in [-0.05, 0) is 29.1 Å². The second-order valence-corrected chi connectivity index (χ2v) is 11.2. The number of esters is 1. The molecule has 1 heterocycles. The van der Waals surface area contributed by atoms with Crippen LogP contribution in [-0.2, 0) is 19.1 Å². The first-order valence-corrected chi connectivity index (χ1v) is 10.4. The van der Waals surface area contributed by atoms with Crippen LogP contribution in [0.2, 0.25) is 0 Å². The second-order valence-electron chi connectivity index (χ2n) is 11.2. The highest BCUT2D eigenvalue weighted by Crippen LogP contribution is 2.65. The number of rotatable bonds is 5. The van der Waals surface area contributed by atoms with Crippen molar-refractivity contribution < 1.29 is 19.1 Å². The molecule has 6 nitrogen and oxygen atoms in total. The Bertz CT molecular complexity index is 642. The van der Waals surface area contributed by atoms with Crippen LogP contribution < -0.4 is 5.32 Å². The molecule has 0 unspecified atom stereocenters. The lowest BCUT2D eigenvalue weighted by molar-refractivity contribution is -0.157. The number of nitrogens with one attached hydrogen (secondary N) is 1. The maximum atomic E-state index is 13.5. The first kappa shape index (κ1) is 22.7. The summed E-state index contributed by atoms with van der Waals surface area (Å²) >= 11 is 0. The molecule has 4 atom stereocenters. The van der Waals surface area contributed by atoms with E-state index in [1.165, 1.54) is 0 Å². The van der Waals surface area contributed by atoms with Gasteiger partial charge >= 0.3 is 5.97 Å². The summed E-state index contributed by atoms with van der Waals surface area (Å²) in [6.45, 7) is 18.7. The maximum absolute atomic E-state index is 13.5. The fraction of sp³-hybridized carbons (Fsp3) is 0.864. The van der Waals surface area contributed by atoms with Crippen LogP contribution >= 0.6 is 0 Å². The molecule has 0 bridgehead atoms. The third kappa shape index (κ3) is 4.52. The molecule has 0 aromatic heterocycles. The van der Waals surface area contributed by atoms with Crippen molar-refractivity contribution in [1.29, 1.82) is 0 Å². The number of likely N-dealkylation sites (tertiary alicyclic amines) is 1. The predicted octanol–water partition coefficient (Wildman–Crippen LogP) is 3.00. The van der Waals surface area contributed by atoms with Gasteiger partial charge in [-0.1, -0.05) is 55.4 Å². The van der Waals surface area contributed by atoms with Crippen LogP contribution in [0.25, 0.3) is 0 Å². The summed E-state index contributed by atoms with van der Waals surface area (Å²) in [6.07, 6.45) is 0.340. The van der Waals surface area contributed by atoms with E-state index in [4.69, 9.17) is 4.74 Å². The van der Waals surface area contributed by atoms with Crippen molar-refractivity contribution in [3.63, 3.8) is 0 Å². The van der Waals surface area contributed by atoms with Crippen LogP contribution in [0.1, 0.15) is 68.7 Å². The Labute approximate surface area is 169 Å². The zero-order valence-corrected chi connectivity index (χ0v) is 19.0. The Morgan fingerprint density at radius 1 is 1.14 bits per heavy atom. The van der Waals surface area contributed by atoms with E-state index in [0.717, 1.165) is 0 Å². The average Bonchev–Trinajstić information content (AvgIpc) is 2.88. The summed E-state index contributed by atoms with van der Waals surface area (Å²) in [5, 5.41) is 2.95. The first-order chi connectivity index (χ1) is 12.6. The molecule has 1 saturated heterocycles. The first-order valence-electron chi connectivity index (χ1n) is 10.4. The number of hydrogen-bond acceptors (Lipinski definition) is 4. The van der Waals surface area contributed by atoms with Crippen LogP contribution in [0.5, 0.6) is 0 Å².